The van der Waals surface area contributed by atoms with Crippen molar-refractivity contribution in [2.75, 3.05) is 17.3 Å². The van der Waals surface area contributed by atoms with Gasteiger partial charge in [-0.05, 0) is 43.9 Å². The lowest BCUT2D eigenvalue weighted by molar-refractivity contribution is -0.308. The predicted octanol–water partition coefficient (Wildman–Crippen LogP) is 1.30. The first-order chi connectivity index (χ1) is 9.43. The van der Waals surface area contributed by atoms with E-state index >= 15 is 0 Å². The first kappa shape index (κ1) is 16.4. The molecule has 2 amide bonds. The fraction of sp³-hybridized carbons (Fsp3) is 0.429. The van der Waals surface area contributed by atoms with Gasteiger partial charge in [-0.3, -0.25) is 0 Å². The zero-order chi connectivity index (χ0) is 15.1. The lowest BCUT2D eigenvalue weighted by atomic mass is 10.1. The smallest absolute Gasteiger partial charge is 0.319 e. The Kier molecular flexibility index (Phi) is 6.38. The topological polar surface area (TPSA) is 81.3 Å². The SMILES string of the molecule is CSCC[C@H](NC(=O)Nc1ccc(C)cc1C)C(=O)[O-]. The average molecular weight is 295 g/mol. The molecule has 0 aliphatic carbocycles. The van der Waals surface area contributed by atoms with Gasteiger partial charge in [0, 0.05) is 5.69 Å². The highest BCUT2D eigenvalue weighted by Gasteiger charge is 2.13. The van der Waals surface area contributed by atoms with Crippen LogP contribution in [0.2, 0.25) is 0 Å². The standard InChI is InChI=1S/C14H20N2O3S/c1-9-4-5-11(10(2)8-9)15-14(19)16-12(13(17)18)6-7-20-3/h4-5,8,12H,6-7H2,1-3H3,(H,17,18)(H2,15,16,19)/p-1/t12-/m0/s1. The summed E-state index contributed by atoms with van der Waals surface area (Å²) in [5, 5.41) is 16.0. The molecular weight excluding hydrogens is 276 g/mol. The van der Waals surface area contributed by atoms with Crippen LogP contribution in [0.5, 0.6) is 0 Å². The lowest BCUT2D eigenvalue weighted by Crippen LogP contribution is -2.49. The molecule has 110 valence electrons. The van der Waals surface area contributed by atoms with Crippen LogP contribution in [0.3, 0.4) is 0 Å². The number of carboxylic acids is 1. The second-order valence-corrected chi connectivity index (χ2v) is 5.56. The number of carbonyl (C=O) groups is 2. The van der Waals surface area contributed by atoms with Crippen molar-refractivity contribution in [3.63, 3.8) is 0 Å². The van der Waals surface area contributed by atoms with Crippen molar-refractivity contribution in [1.82, 2.24) is 5.32 Å². The van der Waals surface area contributed by atoms with Crippen LogP contribution in [0.4, 0.5) is 10.5 Å². The van der Waals surface area contributed by atoms with Crippen molar-refractivity contribution in [3.8, 4) is 0 Å². The molecule has 0 radical (unpaired) electrons. The Morgan fingerprint density at radius 1 is 1.35 bits per heavy atom. The van der Waals surface area contributed by atoms with E-state index in [0.717, 1.165) is 11.1 Å². The number of thioether (sulfide) groups is 1. The zero-order valence-electron chi connectivity index (χ0n) is 11.9. The second-order valence-electron chi connectivity index (χ2n) is 4.57. The largest absolute Gasteiger partial charge is 0.548 e. The number of benzene rings is 1. The first-order valence-electron chi connectivity index (χ1n) is 6.28. The fourth-order valence-corrected chi connectivity index (χ4v) is 2.23. The normalized spacial score (nSPS) is 11.8. The Hall–Kier alpha value is -1.69. The summed E-state index contributed by atoms with van der Waals surface area (Å²) in [5.41, 5.74) is 2.69. The molecule has 0 fully saturated rings. The van der Waals surface area contributed by atoms with Crippen molar-refractivity contribution < 1.29 is 14.7 Å². The van der Waals surface area contributed by atoms with Gasteiger partial charge in [-0.1, -0.05) is 17.7 Å². The average Bonchev–Trinajstić information content (AvgIpc) is 2.37. The summed E-state index contributed by atoms with van der Waals surface area (Å²) in [4.78, 5) is 22.7. The highest BCUT2D eigenvalue weighted by atomic mass is 32.2. The minimum Gasteiger partial charge on any atom is -0.548 e. The van der Waals surface area contributed by atoms with E-state index in [1.807, 2.05) is 32.2 Å². The summed E-state index contributed by atoms with van der Waals surface area (Å²) >= 11 is 1.52. The van der Waals surface area contributed by atoms with Crippen molar-refractivity contribution in [1.29, 1.82) is 0 Å². The van der Waals surface area contributed by atoms with E-state index in [9.17, 15) is 14.7 Å². The van der Waals surface area contributed by atoms with Gasteiger partial charge in [-0.2, -0.15) is 11.8 Å². The molecule has 0 spiro atoms. The fourth-order valence-electron chi connectivity index (χ4n) is 1.76. The van der Waals surface area contributed by atoms with Gasteiger partial charge in [0.15, 0.2) is 0 Å². The number of aliphatic carboxylic acids is 1. The van der Waals surface area contributed by atoms with Crippen LogP contribution >= 0.6 is 11.8 Å². The summed E-state index contributed by atoms with van der Waals surface area (Å²) < 4.78 is 0. The number of carbonyl (C=O) groups excluding carboxylic acids is 2. The van der Waals surface area contributed by atoms with Gasteiger partial charge < -0.3 is 20.5 Å². The highest BCUT2D eigenvalue weighted by molar-refractivity contribution is 7.98. The van der Waals surface area contributed by atoms with Crippen molar-refractivity contribution >= 4 is 29.4 Å². The minimum absolute atomic E-state index is 0.337. The molecule has 0 aliphatic heterocycles. The van der Waals surface area contributed by atoms with Gasteiger partial charge in [0.2, 0.25) is 0 Å². The molecule has 20 heavy (non-hydrogen) atoms. The van der Waals surface area contributed by atoms with E-state index in [1.54, 1.807) is 6.07 Å². The Balaban J connectivity index is 2.63. The first-order valence-corrected chi connectivity index (χ1v) is 7.68. The molecule has 2 N–H and O–H groups in total. The molecule has 0 aromatic heterocycles. The van der Waals surface area contributed by atoms with Gasteiger partial charge >= 0.3 is 6.03 Å². The number of rotatable bonds is 6. The van der Waals surface area contributed by atoms with Gasteiger partial charge in [0.1, 0.15) is 0 Å². The molecule has 0 aliphatic rings. The quantitative estimate of drug-likeness (QED) is 0.829. The Morgan fingerprint density at radius 3 is 2.60 bits per heavy atom. The van der Waals surface area contributed by atoms with E-state index < -0.39 is 18.0 Å². The highest BCUT2D eigenvalue weighted by Crippen LogP contribution is 2.15. The molecule has 1 aromatic rings. The molecule has 0 heterocycles. The molecule has 1 atom stereocenters. The number of anilines is 1. The van der Waals surface area contributed by atoms with Gasteiger partial charge in [0.05, 0.1) is 12.0 Å². The molecule has 5 nitrogen and oxygen atoms in total. The predicted molar refractivity (Wildman–Crippen MR) is 79.9 cm³/mol. The molecular formula is C14H19N2O3S-. The van der Waals surface area contributed by atoms with Crippen LogP contribution in [0.15, 0.2) is 18.2 Å². The van der Waals surface area contributed by atoms with Crippen LogP contribution in [0.25, 0.3) is 0 Å². The van der Waals surface area contributed by atoms with Crippen molar-refractivity contribution in [3.05, 3.63) is 29.3 Å². The van der Waals surface area contributed by atoms with Crippen LogP contribution in [-0.2, 0) is 4.79 Å². The third-order valence-corrected chi connectivity index (χ3v) is 3.47. The zero-order valence-corrected chi connectivity index (χ0v) is 12.7. The maximum atomic E-state index is 11.8. The van der Waals surface area contributed by atoms with Crippen LogP contribution in [0, 0.1) is 13.8 Å². The number of carboxylic acid groups (broad SMARTS) is 1. The summed E-state index contributed by atoms with van der Waals surface area (Å²) in [6, 6.07) is 4.10. The van der Waals surface area contributed by atoms with Crippen LogP contribution in [0.1, 0.15) is 17.5 Å². The summed E-state index contributed by atoms with van der Waals surface area (Å²) in [6.07, 6.45) is 2.21. The summed E-state index contributed by atoms with van der Waals surface area (Å²) in [7, 11) is 0. The molecule has 0 saturated heterocycles. The molecule has 1 aromatic carbocycles. The summed E-state index contributed by atoms with van der Waals surface area (Å²) in [5.74, 6) is -0.627. The number of hydrogen-bond acceptors (Lipinski definition) is 4. The molecule has 6 heteroatoms. The van der Waals surface area contributed by atoms with Gasteiger partial charge in [-0.25, -0.2) is 4.79 Å². The van der Waals surface area contributed by atoms with Gasteiger partial charge in [-0.15, -0.1) is 0 Å². The van der Waals surface area contributed by atoms with E-state index in [1.165, 1.54) is 11.8 Å². The maximum absolute atomic E-state index is 11.8. The Labute approximate surface area is 123 Å². The lowest BCUT2D eigenvalue weighted by Gasteiger charge is -2.20. The Morgan fingerprint density at radius 2 is 2.05 bits per heavy atom. The summed E-state index contributed by atoms with van der Waals surface area (Å²) in [6.45, 7) is 3.85. The van der Waals surface area contributed by atoms with Crippen LogP contribution in [-0.4, -0.2) is 30.1 Å². The van der Waals surface area contributed by atoms with E-state index in [0.29, 0.717) is 17.9 Å². The van der Waals surface area contributed by atoms with Crippen molar-refractivity contribution in [2.45, 2.75) is 26.3 Å². The third-order valence-electron chi connectivity index (χ3n) is 2.83. The number of aryl methyl sites for hydroxylation is 2. The van der Waals surface area contributed by atoms with E-state index in [2.05, 4.69) is 10.6 Å². The third kappa shape index (κ3) is 5.13. The maximum Gasteiger partial charge on any atom is 0.319 e. The number of urea groups is 1. The molecule has 0 unspecified atom stereocenters. The number of nitrogens with one attached hydrogen (secondary N) is 2. The van der Waals surface area contributed by atoms with Crippen molar-refractivity contribution in [2.24, 2.45) is 0 Å². The molecule has 0 bridgehead atoms. The Bertz CT molecular complexity index is 491. The molecule has 1 rings (SSSR count). The minimum atomic E-state index is -1.27. The van der Waals surface area contributed by atoms with Crippen LogP contribution < -0.4 is 15.7 Å². The second kappa shape index (κ2) is 7.79. The number of amides is 2. The molecule has 0 saturated carbocycles. The van der Waals surface area contributed by atoms with Gasteiger partial charge in [0.25, 0.3) is 0 Å². The number of hydrogen-bond donors (Lipinski definition) is 2. The van der Waals surface area contributed by atoms with E-state index in [4.69, 9.17) is 0 Å². The monoisotopic (exact) mass is 295 g/mol. The van der Waals surface area contributed by atoms with E-state index in [-0.39, 0.29) is 0 Å².